The largest absolute Gasteiger partial charge is 0.389 e. The number of hydrogen-bond acceptors (Lipinski definition) is 6. The molecule has 0 aromatic carbocycles. The predicted molar refractivity (Wildman–Crippen MR) is 135 cm³/mol. The molecule has 5 aliphatic rings. The zero-order valence-electron chi connectivity index (χ0n) is 22.8. The maximum absolute atomic E-state index is 12.4. The number of carbonyl (C=O) groups is 1. The molecule has 0 aromatic heterocycles. The molecular formula is C29H49NO5. The molecule has 1 aliphatic heterocycles. The molecule has 0 radical (unpaired) electrons. The molecule has 0 amide bonds. The number of hydrogen-bond donors (Lipinski definition) is 2. The summed E-state index contributed by atoms with van der Waals surface area (Å²) in [7, 11) is 3.74. The Balaban J connectivity index is 1.26. The molecule has 0 bridgehead atoms. The third kappa shape index (κ3) is 3.96. The molecule has 0 spiro atoms. The van der Waals surface area contributed by atoms with E-state index in [-0.39, 0.29) is 53.2 Å². The Morgan fingerprint density at radius 3 is 2.49 bits per heavy atom. The van der Waals surface area contributed by atoms with Gasteiger partial charge in [-0.3, -0.25) is 4.79 Å². The standard InChI is InChI=1S/C29H49NO5/c1-17(31)21-11-14-29(32)23-8-7-19-15-20(9-12-27(19,3)22(23)10-13-28(21,29)4)35-25-16-24(33-6)26(30-5)18(2)34-25/h18-26,30,32H,7-16H2,1-6H3/t18?,19-,20-,21?,22-,23+,24?,25?,26?,27-,28+,29-/m0/s1. The minimum Gasteiger partial charge on any atom is -0.389 e. The molecule has 5 fully saturated rings. The number of ketones is 1. The van der Waals surface area contributed by atoms with Gasteiger partial charge in [0.2, 0.25) is 0 Å². The Kier molecular flexibility index (Phi) is 6.96. The highest BCUT2D eigenvalue weighted by Gasteiger charge is 2.67. The van der Waals surface area contributed by atoms with E-state index in [2.05, 4.69) is 26.1 Å². The normalized spacial score (nSPS) is 54.0. The summed E-state index contributed by atoms with van der Waals surface area (Å²) < 4.78 is 18.6. The first-order chi connectivity index (χ1) is 16.6. The summed E-state index contributed by atoms with van der Waals surface area (Å²) in [5, 5.41) is 15.5. The molecule has 1 heterocycles. The number of likely N-dealkylation sites (N-methyl/N-ethyl adjacent to an activating group) is 1. The van der Waals surface area contributed by atoms with Gasteiger partial charge in [0.1, 0.15) is 5.78 Å². The van der Waals surface area contributed by atoms with E-state index in [1.807, 2.05) is 7.05 Å². The molecule has 1 saturated heterocycles. The maximum Gasteiger partial charge on any atom is 0.160 e. The van der Waals surface area contributed by atoms with Gasteiger partial charge in [0.05, 0.1) is 30.0 Å². The van der Waals surface area contributed by atoms with Gasteiger partial charge in [-0.15, -0.1) is 0 Å². The van der Waals surface area contributed by atoms with Crippen molar-refractivity contribution < 1.29 is 24.1 Å². The van der Waals surface area contributed by atoms with Crippen LogP contribution >= 0.6 is 0 Å². The van der Waals surface area contributed by atoms with Crippen LogP contribution < -0.4 is 5.32 Å². The summed E-state index contributed by atoms with van der Waals surface area (Å²) in [6.07, 6.45) is 10.3. The van der Waals surface area contributed by atoms with E-state index < -0.39 is 5.60 Å². The molecule has 4 aliphatic carbocycles. The average Bonchev–Trinajstić information content (AvgIpc) is 3.10. The van der Waals surface area contributed by atoms with Gasteiger partial charge in [0.25, 0.3) is 0 Å². The highest BCUT2D eigenvalue weighted by Crippen LogP contribution is 2.69. The van der Waals surface area contributed by atoms with E-state index in [0.29, 0.717) is 17.8 Å². The van der Waals surface area contributed by atoms with Crippen LogP contribution in [0.2, 0.25) is 0 Å². The molecule has 35 heavy (non-hydrogen) atoms. The first kappa shape index (κ1) is 26.1. The first-order valence-electron chi connectivity index (χ1n) is 14.3. The fraction of sp³-hybridized carbons (Fsp3) is 0.966. The quantitative estimate of drug-likeness (QED) is 0.553. The molecule has 4 saturated carbocycles. The number of nitrogens with one attached hydrogen (secondary N) is 1. The van der Waals surface area contributed by atoms with Crippen LogP contribution in [0.3, 0.4) is 0 Å². The third-order valence-corrected chi connectivity index (χ3v) is 12.0. The zero-order chi connectivity index (χ0) is 25.2. The second kappa shape index (κ2) is 9.34. The molecule has 12 atom stereocenters. The van der Waals surface area contributed by atoms with Crippen molar-refractivity contribution in [1.29, 1.82) is 0 Å². The van der Waals surface area contributed by atoms with Gasteiger partial charge in [-0.1, -0.05) is 13.8 Å². The third-order valence-electron chi connectivity index (χ3n) is 12.0. The summed E-state index contributed by atoms with van der Waals surface area (Å²) in [5.41, 5.74) is -0.679. The van der Waals surface area contributed by atoms with Gasteiger partial charge in [0, 0.05) is 24.9 Å². The van der Waals surface area contributed by atoms with Crippen LogP contribution in [0.25, 0.3) is 0 Å². The second-order valence-corrected chi connectivity index (χ2v) is 13.2. The highest BCUT2D eigenvalue weighted by molar-refractivity contribution is 5.80. The van der Waals surface area contributed by atoms with Crippen molar-refractivity contribution in [3.63, 3.8) is 0 Å². The maximum atomic E-state index is 12.4. The van der Waals surface area contributed by atoms with Gasteiger partial charge in [-0.25, -0.2) is 0 Å². The highest BCUT2D eigenvalue weighted by atomic mass is 16.7. The fourth-order valence-electron chi connectivity index (χ4n) is 9.94. The minimum absolute atomic E-state index is 0.0273. The SMILES string of the molecule is CNC1C(C)OC(O[C@H]2CC[C@@]3(C)[C@@H](CC[C@@H]4[C@@H]3CC[C@]3(C)C(C(C)=O)CC[C@]43O)C2)CC1OC. The number of carbonyl (C=O) groups excluding carboxylic acids is 1. The van der Waals surface area contributed by atoms with Gasteiger partial charge in [0.15, 0.2) is 6.29 Å². The van der Waals surface area contributed by atoms with E-state index in [9.17, 15) is 9.90 Å². The van der Waals surface area contributed by atoms with E-state index in [0.717, 1.165) is 64.2 Å². The Morgan fingerprint density at radius 1 is 1.03 bits per heavy atom. The van der Waals surface area contributed by atoms with Crippen LogP contribution in [0.1, 0.15) is 91.9 Å². The van der Waals surface area contributed by atoms with Crippen molar-refractivity contribution in [3.8, 4) is 0 Å². The fourth-order valence-corrected chi connectivity index (χ4v) is 9.94. The summed E-state index contributed by atoms with van der Waals surface area (Å²) in [5.74, 6) is 1.80. The number of Topliss-reactive ketones (excluding diaryl/α,β-unsaturated/α-hetero) is 1. The summed E-state index contributed by atoms with van der Waals surface area (Å²) in [6.45, 7) is 8.56. The van der Waals surface area contributed by atoms with Crippen LogP contribution in [-0.2, 0) is 19.0 Å². The van der Waals surface area contributed by atoms with Crippen molar-refractivity contribution in [2.24, 2.45) is 34.5 Å². The molecular weight excluding hydrogens is 442 g/mol. The lowest BCUT2D eigenvalue weighted by Crippen LogP contribution is -2.62. The van der Waals surface area contributed by atoms with E-state index in [1.54, 1.807) is 14.0 Å². The van der Waals surface area contributed by atoms with Gasteiger partial charge >= 0.3 is 0 Å². The van der Waals surface area contributed by atoms with Crippen molar-refractivity contribution in [2.45, 2.75) is 128 Å². The van der Waals surface area contributed by atoms with Crippen LogP contribution in [0.5, 0.6) is 0 Å². The topological polar surface area (TPSA) is 77.0 Å². The van der Waals surface area contributed by atoms with E-state index in [1.165, 1.54) is 0 Å². The lowest BCUT2D eigenvalue weighted by Gasteiger charge is -2.63. The van der Waals surface area contributed by atoms with Gasteiger partial charge in [-0.05, 0) is 102 Å². The lowest BCUT2D eigenvalue weighted by atomic mass is 9.43. The molecule has 5 rings (SSSR count). The Bertz CT molecular complexity index is 806. The van der Waals surface area contributed by atoms with Crippen molar-refractivity contribution in [3.05, 3.63) is 0 Å². The monoisotopic (exact) mass is 491 g/mol. The second-order valence-electron chi connectivity index (χ2n) is 13.2. The minimum atomic E-state index is -0.682. The van der Waals surface area contributed by atoms with E-state index >= 15 is 0 Å². The van der Waals surface area contributed by atoms with Gasteiger partial charge in [-0.2, -0.15) is 0 Å². The Morgan fingerprint density at radius 2 is 1.80 bits per heavy atom. The number of methoxy groups -OCH3 is 1. The molecule has 5 unspecified atom stereocenters. The predicted octanol–water partition coefficient (Wildman–Crippen LogP) is 4.47. The van der Waals surface area contributed by atoms with E-state index in [4.69, 9.17) is 14.2 Å². The summed E-state index contributed by atoms with van der Waals surface area (Å²) in [6, 6.07) is 0.186. The number of aliphatic hydroxyl groups is 1. The van der Waals surface area contributed by atoms with Crippen molar-refractivity contribution in [1.82, 2.24) is 5.32 Å². The van der Waals surface area contributed by atoms with Gasteiger partial charge < -0.3 is 24.6 Å². The van der Waals surface area contributed by atoms with Crippen LogP contribution in [0.15, 0.2) is 0 Å². The van der Waals surface area contributed by atoms with Crippen molar-refractivity contribution >= 4 is 5.78 Å². The molecule has 2 N–H and O–H groups in total. The lowest BCUT2D eigenvalue weighted by molar-refractivity contribution is -0.257. The molecule has 0 aromatic rings. The molecule has 6 nitrogen and oxygen atoms in total. The number of rotatable bonds is 5. The Labute approximate surface area is 212 Å². The average molecular weight is 492 g/mol. The number of fused-ring (bicyclic) bond motifs is 5. The Hall–Kier alpha value is -0.530. The zero-order valence-corrected chi connectivity index (χ0v) is 22.8. The van der Waals surface area contributed by atoms with Crippen LogP contribution in [0, 0.1) is 34.5 Å². The van der Waals surface area contributed by atoms with Crippen LogP contribution in [0.4, 0.5) is 0 Å². The molecule has 6 heteroatoms. The smallest absolute Gasteiger partial charge is 0.160 e. The molecule has 200 valence electrons. The summed E-state index contributed by atoms with van der Waals surface area (Å²) >= 11 is 0. The van der Waals surface area contributed by atoms with Crippen molar-refractivity contribution in [2.75, 3.05) is 14.2 Å². The summed E-state index contributed by atoms with van der Waals surface area (Å²) in [4.78, 5) is 12.4. The number of ether oxygens (including phenoxy) is 3. The first-order valence-corrected chi connectivity index (χ1v) is 14.3. The van der Waals surface area contributed by atoms with Crippen LogP contribution in [-0.4, -0.2) is 61.3 Å².